The van der Waals surface area contributed by atoms with Gasteiger partial charge in [-0.2, -0.15) is 0 Å². The van der Waals surface area contributed by atoms with Gasteiger partial charge < -0.3 is 13.3 Å². The van der Waals surface area contributed by atoms with Crippen molar-refractivity contribution in [2.75, 3.05) is 0 Å². The highest BCUT2D eigenvalue weighted by Crippen LogP contribution is 2.54. The molecule has 0 unspecified atom stereocenters. The molecule has 0 aliphatic rings. The van der Waals surface area contributed by atoms with Gasteiger partial charge in [0.1, 0.15) is 33.5 Å². The summed E-state index contributed by atoms with van der Waals surface area (Å²) in [6.45, 7) is 0. The SMILES string of the molecule is [2H]c1c([2H])c([2H])c(-c2c3ccccc3c(-c3cccc(-c4c(-c5ccc6ccccc6c5)ccc5oc6ccccc6c45)c3)c3ccccc23)c([2H])c1[2H].[2H]c1c([2H])c([2H])c(-c2c3ccccc3c(-c3cccc(-c4cccc5oc6ccc(-c7ccccc7)cc6c45)c3)c3ccccc23)c([2H])c1[2H].c1ccc(-c2ccccc2-c2ccc3oc4ccccc4c3c2-c2cccc(-c3c4ccccc4c(-c4cccc5ccccc45)c4ccccc34)c2)cc1. The molecule has 0 N–H and O–H groups in total. The van der Waals surface area contributed by atoms with Crippen molar-refractivity contribution in [3.8, 4) is 145 Å². The molecule has 27 aromatic carbocycles. The van der Waals surface area contributed by atoms with Crippen LogP contribution in [0.15, 0.2) is 571 Å². The number of furan rings is 3. The summed E-state index contributed by atoms with van der Waals surface area (Å²) in [5.74, 6) is 0. The minimum atomic E-state index is -0.403. The van der Waals surface area contributed by atoms with Crippen LogP contribution in [-0.2, 0) is 0 Å². The first-order valence-electron chi connectivity index (χ1n) is 55.4. The van der Waals surface area contributed by atoms with Gasteiger partial charge >= 0.3 is 0 Å². The zero-order valence-corrected chi connectivity index (χ0v) is 80.6. The lowest BCUT2D eigenvalue weighted by molar-refractivity contribution is 0.668. The van der Waals surface area contributed by atoms with E-state index in [4.69, 9.17) is 27.0 Å². The van der Waals surface area contributed by atoms with Crippen LogP contribution in [0.25, 0.3) is 297 Å². The Bertz CT molecular complexity index is 11000. The van der Waals surface area contributed by atoms with E-state index in [0.29, 0.717) is 11.1 Å². The standard InChI is InChI=1S/C54H34O.C48H30O.C44H28O/c1-2-16-35(17-3-1)39-22-6-7-24-41(39)47-32-33-50-54(48-29-12-13-31-49(48)55-50)52(47)38-21-14-20-37(34-38)51-43-25-8-10-27-45(43)53(46-28-11-9-26-44(46)51)42-30-15-19-36-18-4-5-23-40(36)42;1-2-14-32(15-3-1)45-38-19-6-8-21-40(38)46(41-22-9-7-20-39(41)45)35-17-12-18-36(30-35)47-37(34-26-25-31-13-4-5-16-33(31)29-34)27-28-44-48(47)42-23-10-11-24-43(42)49-44;1-3-13-29(14-4-1)31-25-26-40-39(28-31)44-34(23-12-24-41(44)45-40)32-17-11-18-33(27-32)43-37-21-9-7-19-35(37)42(30-15-5-2-6-16-30)36-20-8-10-22-38(36)43/h1-34H;1-30H;1-28H/i;1D,2D,3D,14D,15D;2D,5D,6D,15D,16D. The summed E-state index contributed by atoms with van der Waals surface area (Å²) >= 11 is 0. The first kappa shape index (κ1) is 77.1. The summed E-state index contributed by atoms with van der Waals surface area (Å²) in [5.41, 5.74) is 31.6. The quantitative estimate of drug-likeness (QED) is 0.108. The van der Waals surface area contributed by atoms with E-state index in [1.54, 1.807) is 0 Å². The van der Waals surface area contributed by atoms with Crippen molar-refractivity contribution in [1.82, 2.24) is 0 Å². The summed E-state index contributed by atoms with van der Waals surface area (Å²) in [6, 6.07) is 171. The van der Waals surface area contributed by atoms with Gasteiger partial charge in [0.05, 0.1) is 13.7 Å². The molecule has 0 amide bonds. The van der Waals surface area contributed by atoms with Crippen LogP contribution in [0, 0.1) is 0 Å². The van der Waals surface area contributed by atoms with E-state index in [0.717, 1.165) is 181 Å². The topological polar surface area (TPSA) is 39.4 Å². The normalized spacial score (nSPS) is 12.6. The average Bonchev–Trinajstić information content (AvgIpc) is 1.51. The molecule has 3 heteroatoms. The van der Waals surface area contributed by atoms with Gasteiger partial charge in [0.2, 0.25) is 0 Å². The predicted octanol–water partition coefficient (Wildman–Crippen LogP) is 41.7. The highest BCUT2D eigenvalue weighted by atomic mass is 16.3. The molecule has 30 aromatic rings. The molecule has 0 spiro atoms. The van der Waals surface area contributed by atoms with Crippen molar-refractivity contribution >= 4 is 152 Å². The molecular weight excluding hydrogens is 1800 g/mol. The Balaban J connectivity index is 0.000000113. The van der Waals surface area contributed by atoms with Crippen molar-refractivity contribution in [2.45, 2.75) is 0 Å². The molecule has 0 atom stereocenters. The van der Waals surface area contributed by atoms with Crippen molar-refractivity contribution in [2.24, 2.45) is 0 Å². The second kappa shape index (κ2) is 37.0. The molecule has 3 aromatic heterocycles. The van der Waals surface area contributed by atoms with Crippen LogP contribution in [0.2, 0.25) is 0 Å². The highest BCUT2D eigenvalue weighted by molar-refractivity contribution is 6.28. The van der Waals surface area contributed by atoms with E-state index in [9.17, 15) is 0 Å². The average molecular weight is 1900 g/mol. The third kappa shape index (κ3) is 15.2. The van der Waals surface area contributed by atoms with Crippen molar-refractivity contribution in [3.63, 3.8) is 0 Å². The molecule has 0 bridgehead atoms. The van der Waals surface area contributed by atoms with Crippen molar-refractivity contribution < 1.29 is 27.0 Å². The number of para-hydroxylation sites is 2. The Kier molecular flexibility index (Phi) is 19.1. The number of hydrogen-bond acceptors (Lipinski definition) is 3. The summed E-state index contributed by atoms with van der Waals surface area (Å²) in [7, 11) is 0. The minimum Gasteiger partial charge on any atom is -0.456 e. The van der Waals surface area contributed by atoms with Gasteiger partial charge in [0.25, 0.3) is 0 Å². The first-order valence-corrected chi connectivity index (χ1v) is 50.4. The molecule has 3 heterocycles. The second-order valence-electron chi connectivity index (χ2n) is 38.0. The van der Waals surface area contributed by atoms with Gasteiger partial charge in [-0.25, -0.2) is 0 Å². The van der Waals surface area contributed by atoms with E-state index < -0.39 is 12.1 Å². The van der Waals surface area contributed by atoms with Gasteiger partial charge in [-0.1, -0.05) is 485 Å². The lowest BCUT2D eigenvalue weighted by atomic mass is 9.83. The maximum absolute atomic E-state index is 8.93. The Hall–Kier alpha value is -19.6. The van der Waals surface area contributed by atoms with Crippen LogP contribution in [0.3, 0.4) is 0 Å². The van der Waals surface area contributed by atoms with Gasteiger partial charge in [0.15, 0.2) is 0 Å². The smallest absolute Gasteiger partial charge is 0.136 e. The van der Waals surface area contributed by atoms with Crippen LogP contribution in [0.1, 0.15) is 13.7 Å². The molecule has 694 valence electrons. The van der Waals surface area contributed by atoms with E-state index in [2.05, 4.69) is 376 Å². The zero-order chi connectivity index (χ0) is 107. The summed E-state index contributed by atoms with van der Waals surface area (Å²) in [6.07, 6.45) is 0. The third-order valence-electron chi connectivity index (χ3n) is 29.7. The maximum atomic E-state index is 8.93. The molecule has 3 nitrogen and oxygen atoms in total. The van der Waals surface area contributed by atoms with Crippen molar-refractivity contribution in [3.05, 3.63) is 558 Å². The molecule has 30 rings (SSSR count). The molecule has 149 heavy (non-hydrogen) atoms. The molecule has 0 fully saturated rings. The Labute approximate surface area is 875 Å². The Morgan fingerprint density at radius 1 is 0.121 bits per heavy atom. The van der Waals surface area contributed by atoms with Gasteiger partial charge in [-0.05, 0) is 292 Å². The van der Waals surface area contributed by atoms with E-state index >= 15 is 0 Å². The lowest BCUT2D eigenvalue weighted by Gasteiger charge is -2.20. The van der Waals surface area contributed by atoms with Gasteiger partial charge in [0, 0.05) is 43.4 Å². The summed E-state index contributed by atoms with van der Waals surface area (Å²) in [4.78, 5) is 0. The van der Waals surface area contributed by atoms with E-state index in [1.807, 2.05) is 121 Å². The molecule has 0 saturated carbocycles. The van der Waals surface area contributed by atoms with E-state index in [-0.39, 0.29) is 59.5 Å². The van der Waals surface area contributed by atoms with Crippen LogP contribution in [0.4, 0.5) is 0 Å². The highest BCUT2D eigenvalue weighted by Gasteiger charge is 2.28. The Morgan fingerprint density at radius 2 is 0.423 bits per heavy atom. The maximum Gasteiger partial charge on any atom is 0.136 e. The monoisotopic (exact) mass is 1900 g/mol. The second-order valence-corrected chi connectivity index (χ2v) is 38.0. The number of fused-ring (bicyclic) bond motifs is 17. The number of benzene rings is 27. The summed E-state index contributed by atoms with van der Waals surface area (Å²) < 4.78 is 105. The van der Waals surface area contributed by atoms with E-state index in [1.165, 1.54) is 93.2 Å². The van der Waals surface area contributed by atoms with Crippen LogP contribution >= 0.6 is 0 Å². The minimum absolute atomic E-state index is 0.201. The van der Waals surface area contributed by atoms with Gasteiger partial charge in [-0.15, -0.1) is 0 Å². The lowest BCUT2D eigenvalue weighted by Crippen LogP contribution is -1.93. The fourth-order valence-corrected chi connectivity index (χ4v) is 23.4. The van der Waals surface area contributed by atoms with Crippen LogP contribution in [0.5, 0.6) is 0 Å². The molecule has 0 saturated heterocycles. The van der Waals surface area contributed by atoms with Crippen LogP contribution in [-0.4, -0.2) is 0 Å². The fourth-order valence-electron chi connectivity index (χ4n) is 23.4. The van der Waals surface area contributed by atoms with Crippen LogP contribution < -0.4 is 0 Å². The molecule has 0 aliphatic heterocycles. The molecule has 0 aliphatic carbocycles. The fraction of sp³-hybridized carbons (Fsp3) is 0. The third-order valence-corrected chi connectivity index (χ3v) is 29.7. The number of rotatable bonds is 13. The van der Waals surface area contributed by atoms with Gasteiger partial charge in [-0.3, -0.25) is 0 Å². The zero-order valence-electron chi connectivity index (χ0n) is 90.6. The number of hydrogen-bond donors (Lipinski definition) is 0. The molecular formula is C146H92O3. The summed E-state index contributed by atoms with van der Waals surface area (Å²) in [5, 5.41) is 23.3. The predicted molar refractivity (Wildman–Crippen MR) is 632 cm³/mol. The molecule has 0 radical (unpaired) electrons. The first-order chi connectivity index (χ1) is 78.1. The Morgan fingerprint density at radius 3 is 0.919 bits per heavy atom. The largest absolute Gasteiger partial charge is 0.456 e. The van der Waals surface area contributed by atoms with Crippen molar-refractivity contribution in [1.29, 1.82) is 0 Å².